The average Bonchev–Trinajstić information content (AvgIpc) is 3.06. The summed E-state index contributed by atoms with van der Waals surface area (Å²) in [5.41, 5.74) is 1.74. The highest BCUT2D eigenvalue weighted by atomic mass is 32.1. The number of amides is 1. The molecule has 0 atom stereocenters. The molecular weight excluding hydrogens is 338 g/mol. The molecule has 1 saturated heterocycles. The number of methoxy groups -OCH3 is 2. The topological polar surface area (TPSA) is 54.9 Å². The van der Waals surface area contributed by atoms with Crippen molar-refractivity contribution in [2.75, 3.05) is 40.4 Å². The molecule has 0 spiro atoms. The van der Waals surface area contributed by atoms with Gasteiger partial charge in [0.2, 0.25) is 0 Å². The van der Waals surface area contributed by atoms with E-state index in [1.54, 1.807) is 43.8 Å². The van der Waals surface area contributed by atoms with E-state index in [4.69, 9.17) is 9.47 Å². The molecule has 7 heteroatoms. The van der Waals surface area contributed by atoms with Gasteiger partial charge in [0, 0.05) is 43.7 Å². The zero-order chi connectivity index (χ0) is 17.8. The number of hydrogen-bond acceptors (Lipinski definition) is 6. The number of hydrogen-bond donors (Lipinski definition) is 0. The van der Waals surface area contributed by atoms with Crippen molar-refractivity contribution >= 4 is 17.2 Å². The number of benzene rings is 1. The minimum atomic E-state index is 0.0325. The number of piperazine rings is 1. The fourth-order valence-electron chi connectivity index (χ4n) is 2.97. The van der Waals surface area contributed by atoms with Crippen LogP contribution in [0.5, 0.6) is 11.5 Å². The van der Waals surface area contributed by atoms with Gasteiger partial charge in [-0.3, -0.25) is 9.69 Å². The van der Waals surface area contributed by atoms with E-state index in [-0.39, 0.29) is 5.91 Å². The van der Waals surface area contributed by atoms with Crippen LogP contribution in [0.2, 0.25) is 0 Å². The zero-order valence-corrected chi connectivity index (χ0v) is 15.6. The van der Waals surface area contributed by atoms with E-state index in [2.05, 4.69) is 15.3 Å². The number of aryl methyl sites for hydroxylation is 1. The molecule has 134 valence electrons. The van der Waals surface area contributed by atoms with Crippen molar-refractivity contribution in [3.05, 3.63) is 39.8 Å². The Morgan fingerprint density at radius 3 is 2.48 bits per heavy atom. The Balaban J connectivity index is 1.59. The summed E-state index contributed by atoms with van der Waals surface area (Å²) in [6.07, 6.45) is 0. The summed E-state index contributed by atoms with van der Waals surface area (Å²) in [6, 6.07) is 5.30. The second-order valence-electron chi connectivity index (χ2n) is 6.00. The fraction of sp³-hybridized carbons (Fsp3) is 0.444. The van der Waals surface area contributed by atoms with Gasteiger partial charge in [-0.15, -0.1) is 11.3 Å². The normalized spacial score (nSPS) is 15.2. The number of ether oxygens (including phenoxy) is 2. The van der Waals surface area contributed by atoms with Gasteiger partial charge in [-0.05, 0) is 25.1 Å². The average molecular weight is 361 g/mol. The van der Waals surface area contributed by atoms with E-state index >= 15 is 0 Å². The molecule has 0 bridgehead atoms. The van der Waals surface area contributed by atoms with Gasteiger partial charge in [0.1, 0.15) is 0 Å². The molecule has 0 saturated carbocycles. The highest BCUT2D eigenvalue weighted by Gasteiger charge is 2.23. The minimum absolute atomic E-state index is 0.0325. The largest absolute Gasteiger partial charge is 0.493 e. The number of nitrogens with zero attached hydrogens (tertiary/aromatic N) is 3. The van der Waals surface area contributed by atoms with Crippen molar-refractivity contribution in [1.82, 2.24) is 14.8 Å². The Morgan fingerprint density at radius 2 is 1.88 bits per heavy atom. The number of thiazole rings is 1. The molecule has 2 heterocycles. The van der Waals surface area contributed by atoms with Gasteiger partial charge in [-0.2, -0.15) is 0 Å². The van der Waals surface area contributed by atoms with Gasteiger partial charge in [0.25, 0.3) is 5.91 Å². The molecule has 0 aliphatic carbocycles. The van der Waals surface area contributed by atoms with Gasteiger partial charge in [-0.1, -0.05) is 0 Å². The maximum atomic E-state index is 12.7. The van der Waals surface area contributed by atoms with Crippen LogP contribution in [-0.2, 0) is 6.54 Å². The number of carbonyl (C=O) groups excluding carboxylic acids is 1. The van der Waals surface area contributed by atoms with Crippen molar-refractivity contribution in [1.29, 1.82) is 0 Å². The maximum Gasteiger partial charge on any atom is 0.254 e. The number of aromatic nitrogens is 1. The number of carbonyl (C=O) groups is 1. The zero-order valence-electron chi connectivity index (χ0n) is 14.8. The fourth-order valence-corrected chi connectivity index (χ4v) is 3.57. The van der Waals surface area contributed by atoms with Crippen molar-refractivity contribution in [3.63, 3.8) is 0 Å². The molecule has 3 rings (SSSR count). The molecule has 0 N–H and O–H groups in total. The van der Waals surface area contributed by atoms with Crippen LogP contribution in [-0.4, -0.2) is 61.1 Å². The smallest absolute Gasteiger partial charge is 0.254 e. The van der Waals surface area contributed by atoms with Crippen LogP contribution in [0.3, 0.4) is 0 Å². The molecule has 2 aromatic rings. The highest BCUT2D eigenvalue weighted by molar-refractivity contribution is 7.09. The van der Waals surface area contributed by atoms with Crippen LogP contribution in [0.4, 0.5) is 0 Å². The van der Waals surface area contributed by atoms with Crippen LogP contribution < -0.4 is 9.47 Å². The molecule has 1 amide bonds. The molecule has 6 nitrogen and oxygen atoms in total. The molecular formula is C18H23N3O3S. The van der Waals surface area contributed by atoms with Crippen LogP contribution >= 0.6 is 11.3 Å². The van der Waals surface area contributed by atoms with E-state index in [1.165, 1.54) is 0 Å². The third kappa shape index (κ3) is 4.11. The van der Waals surface area contributed by atoms with E-state index in [0.717, 1.165) is 43.4 Å². The Kier molecular flexibility index (Phi) is 5.55. The Morgan fingerprint density at radius 1 is 1.16 bits per heavy atom. The first kappa shape index (κ1) is 17.7. The first-order valence-electron chi connectivity index (χ1n) is 8.25. The first-order valence-corrected chi connectivity index (χ1v) is 9.13. The minimum Gasteiger partial charge on any atom is -0.493 e. The molecule has 0 radical (unpaired) electrons. The summed E-state index contributed by atoms with van der Waals surface area (Å²) in [7, 11) is 3.16. The monoisotopic (exact) mass is 361 g/mol. The van der Waals surface area contributed by atoms with Crippen molar-refractivity contribution < 1.29 is 14.3 Å². The van der Waals surface area contributed by atoms with E-state index in [9.17, 15) is 4.79 Å². The lowest BCUT2D eigenvalue weighted by atomic mass is 10.1. The second-order valence-corrected chi connectivity index (χ2v) is 7.06. The molecule has 1 aliphatic heterocycles. The van der Waals surface area contributed by atoms with Gasteiger partial charge in [-0.25, -0.2) is 4.98 Å². The highest BCUT2D eigenvalue weighted by Crippen LogP contribution is 2.28. The Hall–Kier alpha value is -2.12. The van der Waals surface area contributed by atoms with E-state index < -0.39 is 0 Å². The van der Waals surface area contributed by atoms with Crippen molar-refractivity contribution in [2.45, 2.75) is 13.5 Å². The lowest BCUT2D eigenvalue weighted by molar-refractivity contribution is 0.0627. The molecule has 1 aromatic carbocycles. The molecule has 0 unspecified atom stereocenters. The van der Waals surface area contributed by atoms with Gasteiger partial charge >= 0.3 is 0 Å². The molecule has 1 aromatic heterocycles. The van der Waals surface area contributed by atoms with Gasteiger partial charge in [0.05, 0.1) is 24.9 Å². The van der Waals surface area contributed by atoms with Crippen molar-refractivity contribution in [2.24, 2.45) is 0 Å². The third-order valence-corrected chi connectivity index (χ3v) is 5.16. The van der Waals surface area contributed by atoms with Crippen LogP contribution in [0.15, 0.2) is 23.6 Å². The lowest BCUT2D eigenvalue weighted by Gasteiger charge is -2.34. The Bertz CT molecular complexity index is 739. The first-order chi connectivity index (χ1) is 12.1. The Labute approximate surface area is 152 Å². The van der Waals surface area contributed by atoms with Crippen LogP contribution in [0, 0.1) is 6.92 Å². The predicted octanol–water partition coefficient (Wildman–Crippen LogP) is 2.43. The summed E-state index contributed by atoms with van der Waals surface area (Å²) < 4.78 is 10.5. The summed E-state index contributed by atoms with van der Waals surface area (Å²) in [4.78, 5) is 21.5. The van der Waals surface area contributed by atoms with Crippen LogP contribution in [0.1, 0.15) is 21.1 Å². The van der Waals surface area contributed by atoms with Crippen LogP contribution in [0.25, 0.3) is 0 Å². The SMILES string of the molecule is COc1ccc(C(=O)N2CCN(Cc3csc(C)n3)CC2)cc1OC. The van der Waals surface area contributed by atoms with E-state index in [1.807, 2.05) is 11.8 Å². The second kappa shape index (κ2) is 7.84. The lowest BCUT2D eigenvalue weighted by Crippen LogP contribution is -2.48. The predicted molar refractivity (Wildman–Crippen MR) is 97.6 cm³/mol. The van der Waals surface area contributed by atoms with Gasteiger partial charge < -0.3 is 14.4 Å². The summed E-state index contributed by atoms with van der Waals surface area (Å²) >= 11 is 1.68. The molecule has 1 fully saturated rings. The standard InChI is InChI=1S/C18H23N3O3S/c1-13-19-15(12-25-13)11-20-6-8-21(9-7-20)18(22)14-4-5-16(23-2)17(10-14)24-3/h4-5,10,12H,6-9,11H2,1-3H3. The molecule has 1 aliphatic rings. The number of rotatable bonds is 5. The van der Waals surface area contributed by atoms with E-state index in [0.29, 0.717) is 17.1 Å². The quantitative estimate of drug-likeness (QED) is 0.819. The summed E-state index contributed by atoms with van der Waals surface area (Å²) in [5.74, 6) is 1.23. The molecule has 25 heavy (non-hydrogen) atoms. The third-order valence-electron chi connectivity index (χ3n) is 4.34. The van der Waals surface area contributed by atoms with Gasteiger partial charge in [0.15, 0.2) is 11.5 Å². The van der Waals surface area contributed by atoms with Crippen molar-refractivity contribution in [3.8, 4) is 11.5 Å². The summed E-state index contributed by atoms with van der Waals surface area (Å²) in [6.45, 7) is 6.02. The summed E-state index contributed by atoms with van der Waals surface area (Å²) in [5, 5.41) is 3.20. The maximum absolute atomic E-state index is 12.7.